The zero-order valence-electron chi connectivity index (χ0n) is 14.5. The number of aliphatic hydroxyl groups is 1. The van der Waals surface area contributed by atoms with E-state index in [0.29, 0.717) is 5.92 Å². The summed E-state index contributed by atoms with van der Waals surface area (Å²) >= 11 is 0. The summed E-state index contributed by atoms with van der Waals surface area (Å²) in [5.41, 5.74) is 3.88. The Balaban J connectivity index is 2.31. The summed E-state index contributed by atoms with van der Waals surface area (Å²) in [4.78, 5) is 0. The molecule has 0 amide bonds. The smallest absolute Gasteiger partial charge is 0.0803 e. The van der Waals surface area contributed by atoms with Crippen LogP contribution in [0.15, 0.2) is 34.9 Å². The first-order valence-corrected chi connectivity index (χ1v) is 8.46. The molecule has 1 heteroatoms. The van der Waals surface area contributed by atoms with Crippen LogP contribution in [0.4, 0.5) is 0 Å². The molecule has 21 heavy (non-hydrogen) atoms. The molecule has 0 aromatic heterocycles. The lowest BCUT2D eigenvalue weighted by Gasteiger charge is -2.36. The SMILES string of the molecule is C/C1=C\C[C@]2(C)CC=C(C(C)(C)O)[C@H]2CC/C(C)=C/CC1. The van der Waals surface area contributed by atoms with E-state index in [1.165, 1.54) is 36.0 Å². The van der Waals surface area contributed by atoms with Gasteiger partial charge >= 0.3 is 0 Å². The zero-order valence-corrected chi connectivity index (χ0v) is 14.5. The van der Waals surface area contributed by atoms with Crippen molar-refractivity contribution in [2.75, 3.05) is 0 Å². The molecule has 2 atom stereocenters. The predicted molar refractivity (Wildman–Crippen MR) is 91.2 cm³/mol. The van der Waals surface area contributed by atoms with Gasteiger partial charge in [-0.15, -0.1) is 0 Å². The van der Waals surface area contributed by atoms with Crippen LogP contribution in [0.3, 0.4) is 0 Å². The molecule has 0 fully saturated rings. The van der Waals surface area contributed by atoms with E-state index in [2.05, 4.69) is 39.0 Å². The van der Waals surface area contributed by atoms with Crippen molar-refractivity contribution in [1.82, 2.24) is 0 Å². The Morgan fingerprint density at radius 1 is 1.05 bits per heavy atom. The zero-order chi connectivity index (χ0) is 15.7. The third kappa shape index (κ3) is 3.88. The van der Waals surface area contributed by atoms with Crippen LogP contribution in [0.1, 0.15) is 73.1 Å². The first-order chi connectivity index (χ1) is 9.72. The quantitative estimate of drug-likeness (QED) is 0.626. The lowest BCUT2D eigenvalue weighted by Crippen LogP contribution is -2.32. The molecule has 0 spiro atoms. The van der Waals surface area contributed by atoms with Crippen molar-refractivity contribution in [1.29, 1.82) is 0 Å². The Morgan fingerprint density at radius 2 is 1.67 bits per heavy atom. The van der Waals surface area contributed by atoms with Gasteiger partial charge in [0, 0.05) is 0 Å². The molecule has 1 N–H and O–H groups in total. The van der Waals surface area contributed by atoms with Crippen molar-refractivity contribution < 1.29 is 5.11 Å². The largest absolute Gasteiger partial charge is 0.386 e. The summed E-state index contributed by atoms with van der Waals surface area (Å²) < 4.78 is 0. The van der Waals surface area contributed by atoms with E-state index < -0.39 is 5.60 Å². The van der Waals surface area contributed by atoms with Gasteiger partial charge in [-0.25, -0.2) is 0 Å². The summed E-state index contributed by atoms with van der Waals surface area (Å²) in [6.45, 7) is 10.8. The average Bonchev–Trinajstić information content (AvgIpc) is 2.70. The van der Waals surface area contributed by atoms with Gasteiger partial charge in [0.25, 0.3) is 0 Å². The van der Waals surface area contributed by atoms with Gasteiger partial charge in [-0.05, 0) is 83.1 Å². The van der Waals surface area contributed by atoms with Crippen molar-refractivity contribution in [3.63, 3.8) is 0 Å². The van der Waals surface area contributed by atoms with Crippen molar-refractivity contribution >= 4 is 0 Å². The molecule has 0 aromatic carbocycles. The minimum absolute atomic E-state index is 0.279. The van der Waals surface area contributed by atoms with Gasteiger partial charge in [0.1, 0.15) is 0 Å². The normalized spacial score (nSPS) is 36.7. The third-order valence-corrected chi connectivity index (χ3v) is 5.49. The average molecular weight is 288 g/mol. The summed E-state index contributed by atoms with van der Waals surface area (Å²) in [6.07, 6.45) is 14.1. The van der Waals surface area contributed by atoms with E-state index in [0.717, 1.165) is 19.3 Å². The topological polar surface area (TPSA) is 20.2 Å². The van der Waals surface area contributed by atoms with Gasteiger partial charge in [0.2, 0.25) is 0 Å². The first kappa shape index (κ1) is 16.5. The molecular weight excluding hydrogens is 256 g/mol. The maximum atomic E-state index is 10.5. The fourth-order valence-corrected chi connectivity index (χ4v) is 3.94. The minimum Gasteiger partial charge on any atom is -0.386 e. The van der Waals surface area contributed by atoms with Gasteiger partial charge < -0.3 is 5.11 Å². The summed E-state index contributed by atoms with van der Waals surface area (Å²) in [7, 11) is 0. The molecule has 2 rings (SSSR count). The van der Waals surface area contributed by atoms with Crippen LogP contribution in [-0.2, 0) is 0 Å². The summed E-state index contributed by atoms with van der Waals surface area (Å²) in [6, 6.07) is 0. The van der Waals surface area contributed by atoms with Gasteiger partial charge in [-0.1, -0.05) is 36.3 Å². The highest BCUT2D eigenvalue weighted by atomic mass is 16.3. The maximum Gasteiger partial charge on any atom is 0.0803 e. The summed E-state index contributed by atoms with van der Waals surface area (Å²) in [5.74, 6) is 0.503. The molecule has 0 saturated carbocycles. The molecule has 0 bridgehead atoms. The second kappa shape index (κ2) is 6.12. The lowest BCUT2D eigenvalue weighted by molar-refractivity contribution is 0.0918. The highest BCUT2D eigenvalue weighted by molar-refractivity contribution is 5.28. The molecule has 0 aromatic rings. The van der Waals surface area contributed by atoms with Crippen LogP contribution in [0.25, 0.3) is 0 Å². The van der Waals surface area contributed by atoms with E-state index >= 15 is 0 Å². The third-order valence-electron chi connectivity index (χ3n) is 5.49. The second-order valence-electron chi connectivity index (χ2n) is 8.01. The number of rotatable bonds is 1. The predicted octanol–water partition coefficient (Wildman–Crippen LogP) is 5.57. The number of hydrogen-bond donors (Lipinski definition) is 1. The molecule has 0 radical (unpaired) electrons. The molecule has 2 aliphatic carbocycles. The Labute approximate surface area is 130 Å². The summed E-state index contributed by atoms with van der Waals surface area (Å²) in [5, 5.41) is 10.5. The van der Waals surface area contributed by atoms with E-state index in [4.69, 9.17) is 0 Å². The van der Waals surface area contributed by atoms with Gasteiger partial charge in [0.15, 0.2) is 0 Å². The van der Waals surface area contributed by atoms with Gasteiger partial charge in [-0.3, -0.25) is 0 Å². The van der Waals surface area contributed by atoms with E-state index in [9.17, 15) is 5.11 Å². The molecule has 0 heterocycles. The van der Waals surface area contributed by atoms with Gasteiger partial charge in [0.05, 0.1) is 5.60 Å². The fraction of sp³-hybridized carbons (Fsp3) is 0.700. The Morgan fingerprint density at radius 3 is 2.33 bits per heavy atom. The number of hydrogen-bond acceptors (Lipinski definition) is 1. The fourth-order valence-electron chi connectivity index (χ4n) is 3.94. The molecule has 2 aliphatic rings. The van der Waals surface area contributed by atoms with E-state index in [-0.39, 0.29) is 5.41 Å². The van der Waals surface area contributed by atoms with Crippen molar-refractivity contribution in [3.05, 3.63) is 34.9 Å². The second-order valence-corrected chi connectivity index (χ2v) is 8.01. The first-order valence-electron chi connectivity index (χ1n) is 8.46. The van der Waals surface area contributed by atoms with E-state index in [1.807, 2.05) is 13.8 Å². The van der Waals surface area contributed by atoms with Crippen LogP contribution in [0.5, 0.6) is 0 Å². The Hall–Kier alpha value is -0.820. The minimum atomic E-state index is -0.682. The maximum absolute atomic E-state index is 10.5. The number of fused-ring (bicyclic) bond motifs is 1. The molecule has 1 nitrogen and oxygen atoms in total. The van der Waals surface area contributed by atoms with Crippen LogP contribution in [0, 0.1) is 11.3 Å². The highest BCUT2D eigenvalue weighted by Crippen LogP contribution is 2.51. The van der Waals surface area contributed by atoms with Gasteiger partial charge in [-0.2, -0.15) is 0 Å². The Bertz CT molecular complexity index is 473. The van der Waals surface area contributed by atoms with Crippen molar-refractivity contribution in [2.45, 2.75) is 78.7 Å². The monoisotopic (exact) mass is 288 g/mol. The molecule has 0 unspecified atom stereocenters. The standard InChI is InChI=1S/C20H32O/c1-15-7-6-8-16(2)11-13-20(5)14-12-17(19(3,4)21)18(20)10-9-15/h7,11-12,18,21H,6,8-10,13-14H2,1-5H3/b15-7+,16-11+/t18-,20-/m1/s1. The highest BCUT2D eigenvalue weighted by Gasteiger charge is 2.43. The molecule has 0 saturated heterocycles. The molecule has 0 aliphatic heterocycles. The Kier molecular flexibility index (Phi) is 4.82. The lowest BCUT2D eigenvalue weighted by atomic mass is 9.69. The molecule has 118 valence electrons. The van der Waals surface area contributed by atoms with Crippen LogP contribution in [0.2, 0.25) is 0 Å². The molecular formula is C20H32O. The van der Waals surface area contributed by atoms with Crippen molar-refractivity contribution in [2.24, 2.45) is 11.3 Å². The van der Waals surface area contributed by atoms with Crippen LogP contribution >= 0.6 is 0 Å². The number of allylic oxidation sites excluding steroid dienone is 5. The van der Waals surface area contributed by atoms with Crippen LogP contribution in [-0.4, -0.2) is 10.7 Å². The van der Waals surface area contributed by atoms with Crippen LogP contribution < -0.4 is 0 Å². The van der Waals surface area contributed by atoms with E-state index in [1.54, 1.807) is 0 Å². The van der Waals surface area contributed by atoms with Crippen molar-refractivity contribution in [3.8, 4) is 0 Å².